The molecule has 2 aromatic heterocycles. The molecule has 0 radical (unpaired) electrons. The van der Waals surface area contributed by atoms with Gasteiger partial charge < -0.3 is 5.32 Å². The topological polar surface area (TPSA) is 72.7 Å². The van der Waals surface area contributed by atoms with E-state index in [-0.39, 0.29) is 22.8 Å². The number of anilines is 1. The molecule has 0 saturated heterocycles. The predicted molar refractivity (Wildman–Crippen MR) is 67.6 cm³/mol. The molecule has 1 amide bonds. The number of nitrogens with zero attached hydrogens (tertiary/aromatic N) is 4. The van der Waals surface area contributed by atoms with E-state index in [1.54, 1.807) is 16.9 Å². The summed E-state index contributed by atoms with van der Waals surface area (Å²) in [5.41, 5.74) is 0.166. The molecule has 0 atom stereocenters. The normalized spacial score (nSPS) is 10.7. The van der Waals surface area contributed by atoms with E-state index in [0.29, 0.717) is 5.82 Å². The zero-order chi connectivity index (χ0) is 13.1. The summed E-state index contributed by atoms with van der Waals surface area (Å²) in [7, 11) is 0. The van der Waals surface area contributed by atoms with Crippen molar-refractivity contribution in [3.63, 3.8) is 0 Å². The molecule has 0 unspecified atom stereocenters. The molecule has 0 aliphatic carbocycles. The number of carbonyl (C=O) groups is 1. The Labute approximate surface area is 109 Å². The number of hydrogen-bond acceptors (Lipinski definition) is 4. The van der Waals surface area contributed by atoms with Crippen LogP contribution in [0.1, 0.15) is 30.4 Å². The number of amides is 1. The van der Waals surface area contributed by atoms with Crippen molar-refractivity contribution in [3.8, 4) is 0 Å². The molecule has 0 aliphatic heterocycles. The lowest BCUT2D eigenvalue weighted by atomic mass is 10.4. The Morgan fingerprint density at radius 1 is 1.44 bits per heavy atom. The van der Waals surface area contributed by atoms with Crippen LogP contribution in [0.2, 0.25) is 5.15 Å². The lowest BCUT2D eigenvalue weighted by Gasteiger charge is -2.11. The molecular weight excluding hydrogens is 254 g/mol. The molecule has 0 saturated carbocycles. The minimum atomic E-state index is -0.368. The van der Waals surface area contributed by atoms with E-state index in [4.69, 9.17) is 11.6 Å². The van der Waals surface area contributed by atoms with Crippen molar-refractivity contribution in [1.82, 2.24) is 19.7 Å². The van der Waals surface area contributed by atoms with Crippen molar-refractivity contribution >= 4 is 23.3 Å². The Morgan fingerprint density at radius 2 is 2.22 bits per heavy atom. The fourth-order valence-electron chi connectivity index (χ4n) is 1.46. The first-order valence-corrected chi connectivity index (χ1v) is 5.78. The summed E-state index contributed by atoms with van der Waals surface area (Å²) in [6.07, 6.45) is 4.35. The van der Waals surface area contributed by atoms with Crippen LogP contribution in [-0.2, 0) is 0 Å². The molecule has 6 nitrogen and oxygen atoms in total. The number of carbonyl (C=O) groups excluding carboxylic acids is 1. The van der Waals surface area contributed by atoms with Gasteiger partial charge in [-0.1, -0.05) is 11.6 Å². The van der Waals surface area contributed by atoms with Crippen LogP contribution in [0.15, 0.2) is 24.7 Å². The third-order valence-electron chi connectivity index (χ3n) is 2.24. The summed E-state index contributed by atoms with van der Waals surface area (Å²) >= 11 is 5.68. The fraction of sp³-hybridized carbons (Fsp3) is 0.273. The Balaban J connectivity index is 2.19. The van der Waals surface area contributed by atoms with Gasteiger partial charge in [0, 0.05) is 12.1 Å². The van der Waals surface area contributed by atoms with Crippen LogP contribution in [0, 0.1) is 0 Å². The number of hydrogen-bond donors (Lipinski definition) is 1. The van der Waals surface area contributed by atoms with Crippen LogP contribution in [-0.4, -0.2) is 25.7 Å². The Morgan fingerprint density at radius 3 is 2.89 bits per heavy atom. The largest absolute Gasteiger partial charge is 0.305 e. The maximum atomic E-state index is 11.9. The first-order valence-electron chi connectivity index (χ1n) is 5.40. The Kier molecular flexibility index (Phi) is 3.57. The van der Waals surface area contributed by atoms with E-state index in [0.717, 1.165) is 0 Å². The number of aromatic nitrogens is 4. The lowest BCUT2D eigenvalue weighted by molar-refractivity contribution is 0.102. The summed E-state index contributed by atoms with van der Waals surface area (Å²) in [5, 5.41) is 7.02. The number of rotatable bonds is 3. The van der Waals surface area contributed by atoms with Gasteiger partial charge >= 0.3 is 0 Å². The quantitative estimate of drug-likeness (QED) is 0.923. The highest BCUT2D eigenvalue weighted by molar-refractivity contribution is 6.29. The first-order chi connectivity index (χ1) is 8.58. The van der Waals surface area contributed by atoms with E-state index in [2.05, 4.69) is 20.4 Å². The van der Waals surface area contributed by atoms with Gasteiger partial charge in [0.2, 0.25) is 0 Å². The van der Waals surface area contributed by atoms with Crippen molar-refractivity contribution in [2.45, 2.75) is 19.9 Å². The average molecular weight is 266 g/mol. The van der Waals surface area contributed by atoms with Crippen LogP contribution in [0.25, 0.3) is 0 Å². The van der Waals surface area contributed by atoms with Gasteiger partial charge in [0.05, 0.1) is 18.6 Å². The van der Waals surface area contributed by atoms with E-state index >= 15 is 0 Å². The molecular formula is C11H12ClN5O. The first kappa shape index (κ1) is 12.5. The fourth-order valence-corrected chi connectivity index (χ4v) is 1.60. The van der Waals surface area contributed by atoms with Gasteiger partial charge in [-0.3, -0.25) is 9.78 Å². The van der Waals surface area contributed by atoms with E-state index in [1.165, 1.54) is 12.4 Å². The highest BCUT2D eigenvalue weighted by Gasteiger charge is 2.12. The van der Waals surface area contributed by atoms with Crippen LogP contribution < -0.4 is 5.32 Å². The highest BCUT2D eigenvalue weighted by Crippen LogP contribution is 2.14. The van der Waals surface area contributed by atoms with Crippen molar-refractivity contribution in [2.75, 3.05) is 5.32 Å². The number of nitrogens with one attached hydrogen (secondary N) is 1. The number of halogens is 1. The van der Waals surface area contributed by atoms with Crippen molar-refractivity contribution in [3.05, 3.63) is 35.5 Å². The standard InChI is InChI=1S/C11H12ClN5O/c1-7(2)17-10(3-4-14-17)16-11(18)8-5-13-6-9(12)15-8/h3-7H,1-2H3,(H,16,18). The van der Waals surface area contributed by atoms with Crippen LogP contribution >= 0.6 is 11.6 Å². The van der Waals surface area contributed by atoms with Gasteiger partial charge in [0.1, 0.15) is 16.7 Å². The minimum absolute atomic E-state index is 0.153. The molecule has 7 heteroatoms. The molecule has 0 aromatic carbocycles. The van der Waals surface area contributed by atoms with Crippen LogP contribution in [0.4, 0.5) is 5.82 Å². The van der Waals surface area contributed by atoms with Gasteiger partial charge in [-0.25, -0.2) is 9.67 Å². The van der Waals surface area contributed by atoms with Crippen LogP contribution in [0.3, 0.4) is 0 Å². The highest BCUT2D eigenvalue weighted by atomic mass is 35.5. The summed E-state index contributed by atoms with van der Waals surface area (Å²) in [6, 6.07) is 1.87. The van der Waals surface area contributed by atoms with Crippen molar-refractivity contribution in [2.24, 2.45) is 0 Å². The maximum Gasteiger partial charge on any atom is 0.277 e. The summed E-state index contributed by atoms with van der Waals surface area (Å²) in [6.45, 7) is 3.95. The minimum Gasteiger partial charge on any atom is -0.305 e. The molecule has 0 bridgehead atoms. The zero-order valence-electron chi connectivity index (χ0n) is 9.96. The smallest absolute Gasteiger partial charge is 0.277 e. The van der Waals surface area contributed by atoms with E-state index in [9.17, 15) is 4.79 Å². The second-order valence-corrected chi connectivity index (χ2v) is 4.32. The Hall–Kier alpha value is -1.95. The van der Waals surface area contributed by atoms with Gasteiger partial charge in [-0.15, -0.1) is 0 Å². The third-order valence-corrected chi connectivity index (χ3v) is 2.42. The molecule has 1 N–H and O–H groups in total. The van der Waals surface area contributed by atoms with Gasteiger partial charge in [0.25, 0.3) is 5.91 Å². The molecule has 2 aromatic rings. The SMILES string of the molecule is CC(C)n1nccc1NC(=O)c1cncc(Cl)n1. The molecule has 2 rings (SSSR count). The summed E-state index contributed by atoms with van der Waals surface area (Å²) in [4.78, 5) is 19.6. The van der Waals surface area contributed by atoms with Gasteiger partial charge in [-0.05, 0) is 13.8 Å². The maximum absolute atomic E-state index is 11.9. The molecule has 18 heavy (non-hydrogen) atoms. The average Bonchev–Trinajstić information content (AvgIpc) is 2.77. The monoisotopic (exact) mass is 265 g/mol. The molecule has 0 spiro atoms. The van der Waals surface area contributed by atoms with E-state index < -0.39 is 0 Å². The van der Waals surface area contributed by atoms with Crippen molar-refractivity contribution in [1.29, 1.82) is 0 Å². The second-order valence-electron chi connectivity index (χ2n) is 3.94. The molecule has 94 valence electrons. The van der Waals surface area contributed by atoms with Gasteiger partial charge in [-0.2, -0.15) is 5.10 Å². The molecule has 0 aliphatic rings. The Bertz CT molecular complexity index is 566. The third kappa shape index (κ3) is 2.65. The summed E-state index contributed by atoms with van der Waals surface area (Å²) in [5.74, 6) is 0.240. The predicted octanol–water partition coefficient (Wildman–Crippen LogP) is 2.16. The second kappa shape index (κ2) is 5.14. The summed E-state index contributed by atoms with van der Waals surface area (Å²) < 4.78 is 1.70. The molecule has 0 fully saturated rings. The zero-order valence-corrected chi connectivity index (χ0v) is 10.7. The van der Waals surface area contributed by atoms with Crippen molar-refractivity contribution < 1.29 is 4.79 Å². The molecule has 2 heterocycles. The van der Waals surface area contributed by atoms with Gasteiger partial charge in [0.15, 0.2) is 0 Å². The lowest BCUT2D eigenvalue weighted by Crippen LogP contribution is -2.18. The van der Waals surface area contributed by atoms with E-state index in [1.807, 2.05) is 13.8 Å². The van der Waals surface area contributed by atoms with Crippen LogP contribution in [0.5, 0.6) is 0 Å².